The van der Waals surface area contributed by atoms with Crippen LogP contribution in [0, 0.1) is 0 Å². The average Bonchev–Trinajstić information content (AvgIpc) is 2.66. The molecule has 140 valence electrons. The van der Waals surface area contributed by atoms with Crippen molar-refractivity contribution >= 4 is 51.9 Å². The lowest BCUT2D eigenvalue weighted by Gasteiger charge is -2.11. The number of aromatic nitrogens is 3. The third kappa shape index (κ3) is 3.54. The van der Waals surface area contributed by atoms with E-state index in [9.17, 15) is 4.79 Å². The molecule has 4 rings (SSSR count). The van der Waals surface area contributed by atoms with Crippen LogP contribution in [0.15, 0.2) is 59.7 Å². The van der Waals surface area contributed by atoms with Gasteiger partial charge in [0.25, 0.3) is 5.56 Å². The number of fused-ring (bicyclic) bond motifs is 1. The fourth-order valence-corrected chi connectivity index (χ4v) is 3.59. The highest BCUT2D eigenvalue weighted by Gasteiger charge is 2.17. The Morgan fingerprint density at radius 2 is 1.61 bits per heavy atom. The zero-order valence-corrected chi connectivity index (χ0v) is 16.9. The Hall–Kier alpha value is -2.31. The van der Waals surface area contributed by atoms with E-state index >= 15 is 0 Å². The Bertz CT molecular complexity index is 1250. The van der Waals surface area contributed by atoms with Crippen LogP contribution in [0.3, 0.4) is 0 Å². The Balaban J connectivity index is 1.86. The van der Waals surface area contributed by atoms with Gasteiger partial charge in [-0.3, -0.25) is 4.79 Å². The molecule has 0 bridgehead atoms. The first-order chi connectivity index (χ1) is 13.4. The Morgan fingerprint density at radius 1 is 0.857 bits per heavy atom. The minimum absolute atomic E-state index is 0.235. The predicted molar refractivity (Wildman–Crippen MR) is 111 cm³/mol. The predicted octanol–water partition coefficient (Wildman–Crippen LogP) is 6.16. The highest BCUT2D eigenvalue weighted by atomic mass is 35.5. The number of rotatable bonds is 3. The lowest BCUT2D eigenvalue weighted by molar-refractivity contribution is 0.452. The fraction of sp³-hybridized carbons (Fsp3) is 0. The van der Waals surface area contributed by atoms with Gasteiger partial charge in [-0.05, 0) is 30.3 Å². The van der Waals surface area contributed by atoms with Crippen molar-refractivity contribution in [2.45, 2.75) is 0 Å². The molecule has 0 amide bonds. The van der Waals surface area contributed by atoms with E-state index in [1.807, 2.05) is 0 Å². The molecule has 0 aliphatic heterocycles. The molecule has 0 aliphatic carbocycles. The Kier molecular flexibility index (Phi) is 5.17. The third-order valence-electron chi connectivity index (χ3n) is 3.91. The minimum Gasteiger partial charge on any atom is -0.436 e. The standard InChI is InChI=1S/C19H9Cl4N3O2/c20-10-4-5-11(21)15(8-10)28-16-7-6-14-18(19(27)24-9-26(14)25-16)17-12(22)2-1-3-13(17)23/h1-9H. The molecule has 2 heterocycles. The van der Waals surface area contributed by atoms with Crippen LogP contribution in [-0.4, -0.2) is 14.6 Å². The fourth-order valence-electron chi connectivity index (χ4n) is 2.68. The average molecular weight is 453 g/mol. The molecule has 0 atom stereocenters. The van der Waals surface area contributed by atoms with E-state index in [2.05, 4.69) is 10.1 Å². The molecule has 28 heavy (non-hydrogen) atoms. The van der Waals surface area contributed by atoms with E-state index in [0.29, 0.717) is 36.9 Å². The summed E-state index contributed by atoms with van der Waals surface area (Å²) in [6.07, 6.45) is 1.29. The van der Waals surface area contributed by atoms with Crippen molar-refractivity contribution in [3.8, 4) is 22.8 Å². The maximum atomic E-state index is 12.5. The largest absolute Gasteiger partial charge is 0.436 e. The van der Waals surface area contributed by atoms with Gasteiger partial charge in [0, 0.05) is 22.7 Å². The van der Waals surface area contributed by atoms with Gasteiger partial charge in [-0.2, -0.15) is 4.98 Å². The molecule has 0 spiro atoms. The molecule has 2 aromatic carbocycles. The monoisotopic (exact) mass is 451 g/mol. The number of halogens is 4. The quantitative estimate of drug-likeness (QED) is 0.373. The van der Waals surface area contributed by atoms with Crippen LogP contribution in [0.5, 0.6) is 11.6 Å². The van der Waals surface area contributed by atoms with Crippen LogP contribution >= 0.6 is 46.4 Å². The van der Waals surface area contributed by atoms with E-state index in [1.54, 1.807) is 48.5 Å². The highest BCUT2D eigenvalue weighted by Crippen LogP contribution is 2.35. The molecule has 4 aromatic rings. The lowest BCUT2D eigenvalue weighted by Crippen LogP contribution is -2.14. The van der Waals surface area contributed by atoms with Crippen molar-refractivity contribution in [3.05, 3.63) is 85.3 Å². The molecule has 0 aliphatic rings. The summed E-state index contributed by atoms with van der Waals surface area (Å²) in [5.74, 6) is 0.586. The molecule has 2 aromatic heterocycles. The number of ether oxygens (including phenoxy) is 1. The third-order valence-corrected chi connectivity index (χ3v) is 5.09. The molecule has 0 radical (unpaired) electrons. The lowest BCUT2D eigenvalue weighted by atomic mass is 10.1. The summed E-state index contributed by atoms with van der Waals surface area (Å²) < 4.78 is 7.12. The summed E-state index contributed by atoms with van der Waals surface area (Å²) in [6, 6.07) is 13.1. The van der Waals surface area contributed by atoms with Gasteiger partial charge in [0.2, 0.25) is 5.88 Å². The SMILES string of the molecule is O=c1ncn2nc(Oc3cc(Cl)ccc3Cl)ccc2c1-c1c(Cl)cccc1Cl. The normalized spacial score (nSPS) is 11.0. The van der Waals surface area contributed by atoms with Crippen molar-refractivity contribution in [1.29, 1.82) is 0 Å². The smallest absolute Gasteiger partial charge is 0.281 e. The van der Waals surface area contributed by atoms with Gasteiger partial charge in [-0.15, -0.1) is 5.10 Å². The summed E-state index contributed by atoms with van der Waals surface area (Å²) in [7, 11) is 0. The number of nitrogens with zero attached hydrogens (tertiary/aromatic N) is 3. The molecule has 5 nitrogen and oxygen atoms in total. The van der Waals surface area contributed by atoms with Crippen LogP contribution in [-0.2, 0) is 0 Å². The summed E-state index contributed by atoms with van der Waals surface area (Å²) in [5, 5.41) is 5.87. The first-order valence-corrected chi connectivity index (χ1v) is 9.41. The molecular weight excluding hydrogens is 444 g/mol. The minimum atomic E-state index is -0.469. The second kappa shape index (κ2) is 7.60. The highest BCUT2D eigenvalue weighted by molar-refractivity contribution is 6.39. The zero-order valence-electron chi connectivity index (χ0n) is 13.9. The first-order valence-electron chi connectivity index (χ1n) is 7.90. The summed E-state index contributed by atoms with van der Waals surface area (Å²) in [5.41, 5.74) is 0.649. The summed E-state index contributed by atoms with van der Waals surface area (Å²) in [4.78, 5) is 16.3. The molecule has 0 saturated heterocycles. The van der Waals surface area contributed by atoms with E-state index in [0.717, 1.165) is 0 Å². The van der Waals surface area contributed by atoms with E-state index in [4.69, 9.17) is 51.1 Å². The molecule has 0 unspecified atom stereocenters. The van der Waals surface area contributed by atoms with Gasteiger partial charge in [-0.25, -0.2) is 4.52 Å². The molecule has 9 heteroatoms. The second-order valence-corrected chi connectivity index (χ2v) is 7.36. The van der Waals surface area contributed by atoms with E-state index in [-0.39, 0.29) is 11.4 Å². The van der Waals surface area contributed by atoms with Gasteiger partial charge in [0.15, 0.2) is 0 Å². The van der Waals surface area contributed by atoms with Gasteiger partial charge in [0.05, 0.1) is 26.1 Å². The molecule has 0 fully saturated rings. The molecule has 0 saturated carbocycles. The topological polar surface area (TPSA) is 56.5 Å². The first kappa shape index (κ1) is 19.0. The molecule has 0 N–H and O–H groups in total. The van der Waals surface area contributed by atoms with Crippen LogP contribution in [0.1, 0.15) is 0 Å². The van der Waals surface area contributed by atoms with Crippen LogP contribution in [0.25, 0.3) is 16.6 Å². The zero-order chi connectivity index (χ0) is 19.8. The van der Waals surface area contributed by atoms with Crippen LogP contribution < -0.4 is 10.3 Å². The van der Waals surface area contributed by atoms with Gasteiger partial charge < -0.3 is 4.74 Å². The van der Waals surface area contributed by atoms with Crippen molar-refractivity contribution in [3.63, 3.8) is 0 Å². The van der Waals surface area contributed by atoms with Crippen LogP contribution in [0.2, 0.25) is 20.1 Å². The Labute approximate surface area is 179 Å². The number of hydrogen-bond acceptors (Lipinski definition) is 4. The van der Waals surface area contributed by atoms with Gasteiger partial charge in [0.1, 0.15) is 12.1 Å². The molecular formula is C19H9Cl4N3O2. The van der Waals surface area contributed by atoms with Gasteiger partial charge >= 0.3 is 0 Å². The van der Waals surface area contributed by atoms with Crippen molar-refractivity contribution in [2.75, 3.05) is 0 Å². The maximum Gasteiger partial charge on any atom is 0.281 e. The van der Waals surface area contributed by atoms with E-state index in [1.165, 1.54) is 10.8 Å². The summed E-state index contributed by atoms with van der Waals surface area (Å²) in [6.45, 7) is 0. The number of benzene rings is 2. The van der Waals surface area contributed by atoms with Crippen molar-refractivity contribution in [1.82, 2.24) is 14.6 Å². The Morgan fingerprint density at radius 3 is 2.36 bits per heavy atom. The number of hydrogen-bond donors (Lipinski definition) is 0. The second-order valence-electron chi connectivity index (χ2n) is 5.70. The van der Waals surface area contributed by atoms with E-state index < -0.39 is 5.56 Å². The van der Waals surface area contributed by atoms with Crippen LogP contribution in [0.4, 0.5) is 0 Å². The van der Waals surface area contributed by atoms with Gasteiger partial charge in [-0.1, -0.05) is 52.5 Å². The van der Waals surface area contributed by atoms with Crippen molar-refractivity contribution in [2.24, 2.45) is 0 Å². The summed E-state index contributed by atoms with van der Waals surface area (Å²) >= 11 is 24.7. The van der Waals surface area contributed by atoms with Crippen molar-refractivity contribution < 1.29 is 4.74 Å². The maximum absolute atomic E-state index is 12.5.